The third kappa shape index (κ3) is 4.78. The van der Waals surface area contributed by atoms with Crippen molar-refractivity contribution in [2.45, 2.75) is 0 Å². The van der Waals surface area contributed by atoms with Crippen LogP contribution in [0.15, 0.2) is 146 Å². The summed E-state index contributed by atoms with van der Waals surface area (Å²) in [6.45, 7) is 2.20. The number of aromatic nitrogens is 2. The Bertz CT molecular complexity index is 2570. The molecule has 50 heavy (non-hydrogen) atoms. The predicted octanol–water partition coefficient (Wildman–Crippen LogP) is 7.77. The van der Waals surface area contributed by atoms with Gasteiger partial charge >= 0.3 is 0 Å². The minimum atomic E-state index is 0. The van der Waals surface area contributed by atoms with E-state index >= 15 is 0 Å². The van der Waals surface area contributed by atoms with E-state index in [2.05, 4.69) is 155 Å². The Labute approximate surface area is 305 Å². The average Bonchev–Trinajstić information content (AvgIpc) is 3.79. The maximum Gasteiger partial charge on any atom is 0.243 e. The molecule has 2 aliphatic heterocycles. The van der Waals surface area contributed by atoms with Gasteiger partial charge in [-0.15, -0.1) is 41.4 Å². The number of para-hydroxylation sites is 3. The van der Waals surface area contributed by atoms with Gasteiger partial charge in [0.2, 0.25) is 6.71 Å². The van der Waals surface area contributed by atoms with Crippen molar-refractivity contribution in [2.75, 3.05) is 16.8 Å². The maximum atomic E-state index is 6.48. The Hall–Kier alpha value is -5.58. The van der Waals surface area contributed by atoms with Crippen molar-refractivity contribution in [3.05, 3.63) is 165 Å². The Morgan fingerprint density at radius 1 is 0.660 bits per heavy atom. The number of rotatable bonds is 5. The van der Waals surface area contributed by atoms with Gasteiger partial charge in [-0.3, -0.25) is 0 Å². The number of ether oxygens (including phenoxy) is 1. The number of pyridine rings is 1. The largest absolute Gasteiger partial charge is 0.509 e. The monoisotopic (exact) mass is 822 g/mol. The zero-order valence-corrected chi connectivity index (χ0v) is 29.3. The van der Waals surface area contributed by atoms with Gasteiger partial charge in [0.15, 0.2) is 0 Å². The summed E-state index contributed by atoms with van der Waals surface area (Å²) in [6.07, 6.45) is 2.04. The van der Waals surface area contributed by atoms with Gasteiger partial charge < -0.3 is 19.1 Å². The molecule has 0 aliphatic carbocycles. The number of fused-ring (bicyclic) bond motifs is 7. The second kappa shape index (κ2) is 12.1. The van der Waals surface area contributed by atoms with Gasteiger partial charge in [0.25, 0.3) is 0 Å². The van der Waals surface area contributed by atoms with E-state index in [0.717, 1.165) is 44.7 Å². The van der Waals surface area contributed by atoms with E-state index in [1.807, 2.05) is 30.5 Å². The van der Waals surface area contributed by atoms with Crippen LogP contribution in [0.5, 0.6) is 11.5 Å². The van der Waals surface area contributed by atoms with Crippen molar-refractivity contribution in [2.24, 2.45) is 0 Å². The minimum Gasteiger partial charge on any atom is -0.509 e. The maximum absolute atomic E-state index is 6.48. The molecule has 0 saturated heterocycles. The number of benzene rings is 6. The molecule has 0 radical (unpaired) electrons. The summed E-state index contributed by atoms with van der Waals surface area (Å²) in [5, 5.41) is 2.24. The summed E-state index contributed by atoms with van der Waals surface area (Å²) >= 11 is 0. The third-order valence-corrected chi connectivity index (χ3v) is 9.76. The number of anilines is 3. The molecule has 0 N–H and O–H groups in total. The van der Waals surface area contributed by atoms with Crippen LogP contribution in [0.25, 0.3) is 38.8 Å². The summed E-state index contributed by atoms with van der Waals surface area (Å²) in [6, 6.07) is 55.7. The van der Waals surface area contributed by atoms with Gasteiger partial charge in [-0.25, -0.2) is 4.98 Å². The molecule has 0 unspecified atom stereocenters. The van der Waals surface area contributed by atoms with Crippen molar-refractivity contribution >= 4 is 62.0 Å². The number of nitrogens with zero attached hydrogens (tertiary/aromatic N) is 4. The molecule has 4 heterocycles. The Morgan fingerprint density at radius 2 is 1.42 bits per heavy atom. The number of hydrogen-bond acceptors (Lipinski definition) is 4. The van der Waals surface area contributed by atoms with Crippen LogP contribution in [0.2, 0.25) is 0 Å². The summed E-state index contributed by atoms with van der Waals surface area (Å²) in [7, 11) is 2.05. The zero-order chi connectivity index (χ0) is 32.5. The Kier molecular flexibility index (Phi) is 7.37. The van der Waals surface area contributed by atoms with Crippen molar-refractivity contribution in [1.82, 2.24) is 9.55 Å². The fraction of sp³-hybridized carbons (Fsp3) is 0.0233. The Morgan fingerprint density at radius 3 is 2.32 bits per heavy atom. The molecule has 242 valence electrons. The molecule has 2 aliphatic rings. The van der Waals surface area contributed by atoms with Crippen molar-refractivity contribution < 1.29 is 25.8 Å². The normalized spacial score (nSPS) is 12.9. The molecule has 0 fully saturated rings. The van der Waals surface area contributed by atoms with Crippen molar-refractivity contribution in [1.29, 1.82) is 0 Å². The predicted molar refractivity (Wildman–Crippen MR) is 201 cm³/mol. The Balaban J connectivity index is 0.00000336. The van der Waals surface area contributed by atoms with Gasteiger partial charge in [0.1, 0.15) is 5.82 Å². The second-order valence-electron chi connectivity index (χ2n) is 12.6. The molecule has 0 bridgehead atoms. The van der Waals surface area contributed by atoms with Gasteiger partial charge in [0.05, 0.1) is 0 Å². The van der Waals surface area contributed by atoms with Gasteiger partial charge in [0, 0.05) is 55.7 Å². The molecule has 0 amide bonds. The van der Waals surface area contributed by atoms with E-state index < -0.39 is 0 Å². The van der Waals surface area contributed by atoms with E-state index in [0.29, 0.717) is 11.5 Å². The molecule has 6 aromatic carbocycles. The molecule has 5 nitrogen and oxygen atoms in total. The smallest absolute Gasteiger partial charge is 0.243 e. The standard InChI is InChI=1S/C43H28BN4O.Pt/c1-46-28-47(41-21-10-9-20-40(41)46)30-14-11-15-31(24-30)49-32-22-23-35-34-17-6-8-19-39(34)48(42(35)25-32)43-26-38-36(27-45-43)33-16-5-7-18-37(33)44(38)29-12-3-2-4-13-29;/h2-23,26-28H,1H3;/q-3;. The topological polar surface area (TPSA) is 33.5 Å². The fourth-order valence-corrected chi connectivity index (χ4v) is 7.59. The SMILES string of the molecule is CN1[CH-]N(c2[c-]c(Oc3[c-]c4c(cc3)c3ccccc3n4-c3cc4c(cn3)-c3ccccc3B4c3ccccc3)ccc2)c2ccccc21.[Pt]. The van der Waals surface area contributed by atoms with Crippen molar-refractivity contribution in [3.63, 3.8) is 0 Å². The molecule has 0 saturated carbocycles. The molecular weight excluding hydrogens is 794 g/mol. The average molecular weight is 823 g/mol. The molecule has 7 heteroatoms. The molecule has 10 rings (SSSR count). The second-order valence-corrected chi connectivity index (χ2v) is 12.6. The van der Waals surface area contributed by atoms with Crippen LogP contribution >= 0.6 is 0 Å². The van der Waals surface area contributed by atoms with Crippen LogP contribution in [0.3, 0.4) is 0 Å². The van der Waals surface area contributed by atoms with Crippen LogP contribution < -0.4 is 30.9 Å². The van der Waals surface area contributed by atoms with Crippen LogP contribution in [0.4, 0.5) is 17.1 Å². The van der Waals surface area contributed by atoms with Crippen LogP contribution in [-0.2, 0) is 21.1 Å². The van der Waals surface area contributed by atoms with Gasteiger partial charge in [-0.05, 0) is 47.8 Å². The fourth-order valence-electron chi connectivity index (χ4n) is 7.59. The molecule has 8 aromatic rings. The van der Waals surface area contributed by atoms with E-state index in [9.17, 15) is 0 Å². The molecule has 0 spiro atoms. The third-order valence-electron chi connectivity index (χ3n) is 9.76. The summed E-state index contributed by atoms with van der Waals surface area (Å²) in [4.78, 5) is 9.35. The summed E-state index contributed by atoms with van der Waals surface area (Å²) in [5.74, 6) is 2.09. The molecular formula is C43H28BN4OPt-3. The van der Waals surface area contributed by atoms with Crippen LogP contribution in [-0.4, -0.2) is 23.3 Å². The first-order valence-electron chi connectivity index (χ1n) is 16.5. The minimum absolute atomic E-state index is 0. The van der Waals surface area contributed by atoms with Gasteiger partial charge in [-0.2, -0.15) is 18.8 Å². The van der Waals surface area contributed by atoms with Crippen LogP contribution in [0.1, 0.15) is 0 Å². The van der Waals surface area contributed by atoms with E-state index in [1.165, 1.54) is 27.5 Å². The van der Waals surface area contributed by atoms with E-state index in [1.54, 1.807) is 0 Å². The quantitative estimate of drug-likeness (QED) is 0.131. The summed E-state index contributed by atoms with van der Waals surface area (Å²) in [5.41, 5.74) is 11.4. The molecule has 0 atom stereocenters. The summed E-state index contributed by atoms with van der Waals surface area (Å²) < 4.78 is 8.70. The van der Waals surface area contributed by atoms with Gasteiger partial charge in [-0.1, -0.05) is 107 Å². The first kappa shape index (κ1) is 30.5. The van der Waals surface area contributed by atoms with E-state index in [-0.39, 0.29) is 27.8 Å². The van der Waals surface area contributed by atoms with E-state index in [4.69, 9.17) is 9.72 Å². The zero-order valence-electron chi connectivity index (χ0n) is 27.0. The molecule has 2 aromatic heterocycles. The van der Waals surface area contributed by atoms with Crippen LogP contribution in [0, 0.1) is 18.8 Å². The first-order valence-corrected chi connectivity index (χ1v) is 16.5. The number of hydrogen-bond donors (Lipinski definition) is 0. The first-order chi connectivity index (χ1) is 24.2. The van der Waals surface area contributed by atoms with Crippen molar-refractivity contribution in [3.8, 4) is 28.4 Å².